The van der Waals surface area contributed by atoms with Crippen molar-refractivity contribution in [2.24, 2.45) is 11.7 Å². The van der Waals surface area contributed by atoms with Crippen molar-refractivity contribution in [1.29, 1.82) is 0 Å². The zero-order valence-corrected chi connectivity index (χ0v) is 13.1. The number of nitrogens with one attached hydrogen (secondary N) is 1. The summed E-state index contributed by atoms with van der Waals surface area (Å²) < 4.78 is 0. The van der Waals surface area contributed by atoms with Gasteiger partial charge in [-0.3, -0.25) is 9.69 Å². The van der Waals surface area contributed by atoms with Crippen LogP contribution in [0.3, 0.4) is 0 Å². The predicted octanol–water partition coefficient (Wildman–Crippen LogP) is 2.37. The molecule has 1 aromatic carbocycles. The van der Waals surface area contributed by atoms with Gasteiger partial charge in [0, 0.05) is 23.3 Å². The maximum Gasteiger partial charge on any atom is 0.238 e. The lowest BCUT2D eigenvalue weighted by Crippen LogP contribution is -2.43. The number of carbonyl (C=O) groups is 1. The lowest BCUT2D eigenvalue weighted by molar-refractivity contribution is -0.117. The van der Waals surface area contributed by atoms with Gasteiger partial charge in [-0.05, 0) is 50.1 Å². The molecule has 1 fully saturated rings. The monoisotopic (exact) mass is 317 g/mol. The fraction of sp³-hybridized carbons (Fsp3) is 0.500. The predicted molar refractivity (Wildman–Crippen MR) is 85.5 cm³/mol. The molecule has 0 aromatic heterocycles. The van der Waals surface area contributed by atoms with E-state index in [1.807, 2.05) is 11.9 Å². The first-order valence-corrected chi connectivity index (χ1v) is 6.93. The highest BCUT2D eigenvalue weighted by atomic mass is 35.5. The number of benzene rings is 1. The first-order chi connectivity index (χ1) is 9.10. The molecule has 0 saturated heterocycles. The molecule has 0 bridgehead atoms. The minimum absolute atomic E-state index is 0. The Labute approximate surface area is 131 Å². The van der Waals surface area contributed by atoms with Crippen molar-refractivity contribution in [1.82, 2.24) is 4.90 Å². The van der Waals surface area contributed by atoms with Crippen LogP contribution in [-0.2, 0) is 4.79 Å². The van der Waals surface area contributed by atoms with E-state index in [0.29, 0.717) is 30.1 Å². The number of amides is 1. The van der Waals surface area contributed by atoms with E-state index in [4.69, 9.17) is 17.3 Å². The highest BCUT2D eigenvalue weighted by Crippen LogP contribution is 2.34. The summed E-state index contributed by atoms with van der Waals surface area (Å²) in [6.45, 7) is 0.969. The Bertz CT molecular complexity index is 435. The van der Waals surface area contributed by atoms with Crippen LogP contribution in [0.1, 0.15) is 12.8 Å². The molecule has 0 spiro atoms. The minimum atomic E-state index is -0.0241. The summed E-state index contributed by atoms with van der Waals surface area (Å²) >= 11 is 5.80. The molecular formula is C14H21Cl2N3O. The molecule has 0 heterocycles. The number of rotatable bonds is 6. The van der Waals surface area contributed by atoms with Crippen molar-refractivity contribution in [3.8, 4) is 0 Å². The van der Waals surface area contributed by atoms with Gasteiger partial charge in [0.25, 0.3) is 0 Å². The maximum atomic E-state index is 11.9. The Morgan fingerprint density at radius 1 is 1.45 bits per heavy atom. The van der Waals surface area contributed by atoms with Crippen molar-refractivity contribution in [2.75, 3.05) is 25.5 Å². The summed E-state index contributed by atoms with van der Waals surface area (Å²) in [5, 5.41) is 3.52. The molecule has 1 aliphatic rings. The second-order valence-electron chi connectivity index (χ2n) is 5.11. The third kappa shape index (κ3) is 4.94. The number of likely N-dealkylation sites (N-methyl/N-ethyl adjacent to an activating group) is 1. The number of hydrogen-bond acceptors (Lipinski definition) is 3. The number of anilines is 1. The van der Waals surface area contributed by atoms with Crippen LogP contribution in [0.5, 0.6) is 0 Å². The molecule has 6 heteroatoms. The van der Waals surface area contributed by atoms with Crippen molar-refractivity contribution in [2.45, 2.75) is 18.9 Å². The molecule has 2 rings (SSSR count). The van der Waals surface area contributed by atoms with Gasteiger partial charge in [-0.2, -0.15) is 0 Å². The summed E-state index contributed by atoms with van der Waals surface area (Å²) in [5.41, 5.74) is 6.53. The zero-order valence-electron chi connectivity index (χ0n) is 11.5. The van der Waals surface area contributed by atoms with Crippen LogP contribution in [0.15, 0.2) is 24.3 Å². The van der Waals surface area contributed by atoms with Gasteiger partial charge in [0.2, 0.25) is 5.91 Å². The van der Waals surface area contributed by atoms with Gasteiger partial charge in [0.15, 0.2) is 0 Å². The second-order valence-corrected chi connectivity index (χ2v) is 5.55. The number of nitrogens with zero attached hydrogens (tertiary/aromatic N) is 1. The molecule has 112 valence electrons. The molecule has 3 N–H and O–H groups in total. The first-order valence-electron chi connectivity index (χ1n) is 6.56. The number of halogens is 2. The highest BCUT2D eigenvalue weighted by Gasteiger charge is 2.33. The summed E-state index contributed by atoms with van der Waals surface area (Å²) in [7, 11) is 1.96. The van der Waals surface area contributed by atoms with E-state index in [-0.39, 0.29) is 18.3 Å². The van der Waals surface area contributed by atoms with Gasteiger partial charge >= 0.3 is 0 Å². The standard InChI is InChI=1S/C14H20ClN3O.ClH/c1-18(13(8-16)10-2-3-10)9-14(19)17-12-6-4-11(15)5-7-12;/h4-7,10,13H,2-3,8-9,16H2,1H3,(H,17,19);1H. The Hall–Kier alpha value is -0.810. The van der Waals surface area contributed by atoms with Crippen molar-refractivity contribution < 1.29 is 4.79 Å². The maximum absolute atomic E-state index is 11.9. The summed E-state index contributed by atoms with van der Waals surface area (Å²) in [5.74, 6) is 0.641. The van der Waals surface area contributed by atoms with Crippen molar-refractivity contribution >= 4 is 35.6 Å². The van der Waals surface area contributed by atoms with Crippen molar-refractivity contribution in [3.05, 3.63) is 29.3 Å². The fourth-order valence-corrected chi connectivity index (χ4v) is 2.42. The third-order valence-electron chi connectivity index (χ3n) is 3.49. The molecule has 1 amide bonds. The molecule has 1 aliphatic carbocycles. The van der Waals surface area contributed by atoms with Gasteiger partial charge in [-0.1, -0.05) is 11.6 Å². The molecule has 4 nitrogen and oxygen atoms in total. The summed E-state index contributed by atoms with van der Waals surface area (Å²) in [6, 6.07) is 7.42. The van der Waals surface area contributed by atoms with Crippen LogP contribution < -0.4 is 11.1 Å². The summed E-state index contributed by atoms with van der Waals surface area (Å²) in [4.78, 5) is 14.0. The third-order valence-corrected chi connectivity index (χ3v) is 3.75. The van der Waals surface area contributed by atoms with Crippen molar-refractivity contribution in [3.63, 3.8) is 0 Å². The normalized spacial score (nSPS) is 15.6. The first kappa shape index (κ1) is 17.2. The topological polar surface area (TPSA) is 58.4 Å². The van der Waals surface area contributed by atoms with Crippen LogP contribution in [0.25, 0.3) is 0 Å². The molecule has 20 heavy (non-hydrogen) atoms. The molecule has 1 saturated carbocycles. The average Bonchev–Trinajstić information content (AvgIpc) is 3.17. The van der Waals surface area contributed by atoms with Gasteiger partial charge in [-0.25, -0.2) is 0 Å². The van der Waals surface area contributed by atoms with E-state index >= 15 is 0 Å². The van der Waals surface area contributed by atoms with E-state index in [2.05, 4.69) is 5.32 Å². The van der Waals surface area contributed by atoms with Crippen LogP contribution >= 0.6 is 24.0 Å². The molecule has 1 aromatic rings. The SMILES string of the molecule is CN(CC(=O)Nc1ccc(Cl)cc1)C(CN)C1CC1.Cl. The Balaban J connectivity index is 0.00000200. The van der Waals surface area contributed by atoms with Crippen LogP contribution in [0.4, 0.5) is 5.69 Å². The Morgan fingerprint density at radius 2 is 2.05 bits per heavy atom. The molecular weight excluding hydrogens is 297 g/mol. The quantitative estimate of drug-likeness (QED) is 0.846. The molecule has 0 aliphatic heterocycles. The molecule has 1 unspecified atom stereocenters. The fourth-order valence-electron chi connectivity index (χ4n) is 2.29. The molecule has 1 atom stereocenters. The number of carbonyl (C=O) groups excluding carboxylic acids is 1. The van der Waals surface area contributed by atoms with Crippen LogP contribution in [0, 0.1) is 5.92 Å². The van der Waals surface area contributed by atoms with Crippen LogP contribution in [0.2, 0.25) is 5.02 Å². The number of nitrogens with two attached hydrogens (primary N) is 1. The van der Waals surface area contributed by atoms with E-state index in [1.54, 1.807) is 24.3 Å². The largest absolute Gasteiger partial charge is 0.329 e. The average molecular weight is 318 g/mol. The Morgan fingerprint density at radius 3 is 2.55 bits per heavy atom. The van der Waals surface area contributed by atoms with E-state index in [1.165, 1.54) is 12.8 Å². The Kier molecular flexibility index (Phi) is 6.76. The summed E-state index contributed by atoms with van der Waals surface area (Å²) in [6.07, 6.45) is 2.45. The minimum Gasteiger partial charge on any atom is -0.329 e. The molecule has 0 radical (unpaired) electrons. The van der Waals surface area contributed by atoms with E-state index < -0.39 is 0 Å². The lowest BCUT2D eigenvalue weighted by atomic mass is 10.1. The number of hydrogen-bond donors (Lipinski definition) is 2. The zero-order chi connectivity index (χ0) is 13.8. The van der Waals surface area contributed by atoms with E-state index in [0.717, 1.165) is 5.69 Å². The van der Waals surface area contributed by atoms with Gasteiger partial charge in [0.05, 0.1) is 6.54 Å². The smallest absolute Gasteiger partial charge is 0.238 e. The highest BCUT2D eigenvalue weighted by molar-refractivity contribution is 6.30. The lowest BCUT2D eigenvalue weighted by Gasteiger charge is -2.26. The van der Waals surface area contributed by atoms with Gasteiger partial charge in [-0.15, -0.1) is 12.4 Å². The van der Waals surface area contributed by atoms with Crippen LogP contribution in [-0.4, -0.2) is 37.0 Å². The van der Waals surface area contributed by atoms with Gasteiger partial charge in [0.1, 0.15) is 0 Å². The van der Waals surface area contributed by atoms with E-state index in [9.17, 15) is 4.79 Å². The van der Waals surface area contributed by atoms with Gasteiger partial charge < -0.3 is 11.1 Å². The second kappa shape index (κ2) is 7.84.